The summed E-state index contributed by atoms with van der Waals surface area (Å²) in [6.07, 6.45) is 0.946. The van der Waals surface area contributed by atoms with Crippen LogP contribution in [-0.4, -0.2) is 23.4 Å². The molecule has 0 aliphatic carbocycles. The average molecular weight is 301 g/mol. The number of aryl methyl sites for hydroxylation is 1. The van der Waals surface area contributed by atoms with Crippen LogP contribution >= 0.6 is 0 Å². The van der Waals surface area contributed by atoms with Crippen molar-refractivity contribution in [1.82, 2.24) is 15.1 Å². The van der Waals surface area contributed by atoms with Crippen LogP contribution in [0.5, 0.6) is 5.75 Å². The molecule has 0 saturated heterocycles. The van der Waals surface area contributed by atoms with Crippen molar-refractivity contribution < 1.29 is 4.74 Å². The monoisotopic (exact) mass is 301 g/mol. The minimum Gasteiger partial charge on any atom is -0.493 e. The molecule has 0 aliphatic heterocycles. The molecule has 1 heterocycles. The number of hydrogen-bond acceptors (Lipinski definition) is 4. The second kappa shape index (κ2) is 7.75. The molecule has 1 N–H and O–H groups in total. The molecule has 22 heavy (non-hydrogen) atoms. The van der Waals surface area contributed by atoms with Crippen molar-refractivity contribution in [3.63, 3.8) is 0 Å². The van der Waals surface area contributed by atoms with Gasteiger partial charge in [0.2, 0.25) is 0 Å². The Bertz CT molecular complexity index is 680. The number of nitrogens with one attached hydrogen (secondary N) is 1. The van der Waals surface area contributed by atoms with Crippen molar-refractivity contribution in [2.45, 2.75) is 33.4 Å². The van der Waals surface area contributed by atoms with Crippen LogP contribution in [0.15, 0.2) is 35.1 Å². The number of benzene rings is 1. The zero-order valence-electron chi connectivity index (χ0n) is 13.4. The van der Waals surface area contributed by atoms with Crippen LogP contribution in [0, 0.1) is 0 Å². The van der Waals surface area contributed by atoms with E-state index in [0.717, 1.165) is 23.4 Å². The lowest BCUT2D eigenvalue weighted by Gasteiger charge is -2.13. The lowest BCUT2D eigenvalue weighted by atomic mass is 10.1. The molecule has 2 rings (SSSR count). The van der Waals surface area contributed by atoms with Crippen molar-refractivity contribution in [1.29, 1.82) is 0 Å². The summed E-state index contributed by atoms with van der Waals surface area (Å²) in [5.74, 6) is 0.800. The third kappa shape index (κ3) is 3.54. The Morgan fingerprint density at radius 1 is 1.27 bits per heavy atom. The fourth-order valence-electron chi connectivity index (χ4n) is 2.28. The highest BCUT2D eigenvalue weighted by Crippen LogP contribution is 2.28. The van der Waals surface area contributed by atoms with Gasteiger partial charge in [-0.25, -0.2) is 4.68 Å². The van der Waals surface area contributed by atoms with E-state index in [4.69, 9.17) is 4.74 Å². The van der Waals surface area contributed by atoms with Crippen LogP contribution in [-0.2, 0) is 13.1 Å². The molecule has 118 valence electrons. The lowest BCUT2D eigenvalue weighted by molar-refractivity contribution is 0.318. The van der Waals surface area contributed by atoms with E-state index in [9.17, 15) is 4.79 Å². The van der Waals surface area contributed by atoms with Gasteiger partial charge in [-0.1, -0.05) is 19.1 Å². The Morgan fingerprint density at radius 2 is 2.05 bits per heavy atom. The Balaban J connectivity index is 2.52. The zero-order valence-corrected chi connectivity index (χ0v) is 13.4. The van der Waals surface area contributed by atoms with Crippen LogP contribution in [0.3, 0.4) is 0 Å². The van der Waals surface area contributed by atoms with E-state index in [1.165, 1.54) is 4.68 Å². The van der Waals surface area contributed by atoms with E-state index < -0.39 is 0 Å². The van der Waals surface area contributed by atoms with Gasteiger partial charge < -0.3 is 10.1 Å². The minimum atomic E-state index is -0.0486. The number of para-hydroxylation sites is 1. The van der Waals surface area contributed by atoms with Gasteiger partial charge in [-0.2, -0.15) is 5.10 Å². The van der Waals surface area contributed by atoms with E-state index in [2.05, 4.69) is 17.3 Å². The summed E-state index contributed by atoms with van der Waals surface area (Å²) in [5.41, 5.74) is 2.33. The van der Waals surface area contributed by atoms with E-state index in [-0.39, 0.29) is 5.56 Å². The predicted molar refractivity (Wildman–Crippen MR) is 88.2 cm³/mol. The molecule has 2 aromatic rings. The first-order valence-corrected chi connectivity index (χ1v) is 7.69. The van der Waals surface area contributed by atoms with Gasteiger partial charge in [0.05, 0.1) is 12.3 Å². The van der Waals surface area contributed by atoms with Crippen LogP contribution < -0.4 is 15.6 Å². The van der Waals surface area contributed by atoms with Crippen molar-refractivity contribution in [2.75, 3.05) is 13.7 Å². The quantitative estimate of drug-likeness (QED) is 0.853. The minimum absolute atomic E-state index is 0.0486. The van der Waals surface area contributed by atoms with Crippen LogP contribution in [0.4, 0.5) is 0 Å². The second-order valence-corrected chi connectivity index (χ2v) is 5.05. The van der Waals surface area contributed by atoms with Gasteiger partial charge >= 0.3 is 0 Å². The molecule has 0 spiro atoms. The number of rotatable bonds is 7. The summed E-state index contributed by atoms with van der Waals surface area (Å²) in [5, 5.41) is 7.50. The fourth-order valence-corrected chi connectivity index (χ4v) is 2.28. The summed E-state index contributed by atoms with van der Waals surface area (Å²) in [7, 11) is 1.83. The number of nitrogens with zero attached hydrogens (tertiary/aromatic N) is 2. The molecule has 0 amide bonds. The first-order valence-electron chi connectivity index (χ1n) is 7.69. The Kier molecular flexibility index (Phi) is 5.72. The largest absolute Gasteiger partial charge is 0.493 e. The molecule has 0 saturated carbocycles. The molecule has 1 aromatic heterocycles. The molecule has 5 nitrogen and oxygen atoms in total. The molecule has 0 bridgehead atoms. The highest BCUT2D eigenvalue weighted by molar-refractivity contribution is 5.67. The molecular weight excluding hydrogens is 278 g/mol. The molecule has 0 unspecified atom stereocenters. The van der Waals surface area contributed by atoms with E-state index in [0.29, 0.717) is 25.3 Å². The number of aromatic nitrogens is 2. The molecule has 1 aromatic carbocycles. The maximum absolute atomic E-state index is 12.3. The average Bonchev–Trinajstić information content (AvgIpc) is 2.55. The van der Waals surface area contributed by atoms with Gasteiger partial charge in [0, 0.05) is 24.2 Å². The van der Waals surface area contributed by atoms with Gasteiger partial charge in [-0.3, -0.25) is 4.79 Å². The first-order chi connectivity index (χ1) is 10.7. The molecular formula is C17H23N3O2. The number of ether oxygens (including phenoxy) is 1. The summed E-state index contributed by atoms with van der Waals surface area (Å²) in [4.78, 5) is 12.3. The van der Waals surface area contributed by atoms with Crippen molar-refractivity contribution in [3.05, 3.63) is 46.2 Å². The standard InChI is InChI=1S/C17H23N3O2/c1-4-10-22-16-9-7-6-8-14(16)15-11-13(12-18-3)17(21)20(5-2)19-15/h6-9,11,18H,4-5,10,12H2,1-3H3. The maximum Gasteiger partial charge on any atom is 0.271 e. The van der Waals surface area contributed by atoms with Gasteiger partial charge in [0.25, 0.3) is 5.56 Å². The fraction of sp³-hybridized carbons (Fsp3) is 0.412. The summed E-state index contributed by atoms with van der Waals surface area (Å²) >= 11 is 0. The topological polar surface area (TPSA) is 56.1 Å². The SMILES string of the molecule is CCCOc1ccccc1-c1cc(CNC)c(=O)n(CC)n1. The smallest absolute Gasteiger partial charge is 0.271 e. The number of hydrogen-bond donors (Lipinski definition) is 1. The third-order valence-electron chi connectivity index (χ3n) is 3.34. The molecule has 0 atom stereocenters. The lowest BCUT2D eigenvalue weighted by Crippen LogP contribution is -2.28. The second-order valence-electron chi connectivity index (χ2n) is 5.05. The van der Waals surface area contributed by atoms with Gasteiger partial charge in [0.15, 0.2) is 0 Å². The van der Waals surface area contributed by atoms with Gasteiger partial charge in [-0.05, 0) is 38.6 Å². The Morgan fingerprint density at radius 3 is 2.73 bits per heavy atom. The van der Waals surface area contributed by atoms with Crippen molar-refractivity contribution >= 4 is 0 Å². The Labute approximate surface area is 130 Å². The van der Waals surface area contributed by atoms with Gasteiger partial charge in [-0.15, -0.1) is 0 Å². The van der Waals surface area contributed by atoms with Crippen molar-refractivity contribution in [3.8, 4) is 17.0 Å². The van der Waals surface area contributed by atoms with E-state index in [1.54, 1.807) is 0 Å². The predicted octanol–water partition coefficient (Wildman–Crippen LogP) is 2.44. The normalized spacial score (nSPS) is 10.7. The molecule has 0 radical (unpaired) electrons. The zero-order chi connectivity index (χ0) is 15.9. The van der Waals surface area contributed by atoms with Crippen LogP contribution in [0.25, 0.3) is 11.3 Å². The highest BCUT2D eigenvalue weighted by Gasteiger charge is 2.12. The Hall–Kier alpha value is -2.14. The van der Waals surface area contributed by atoms with Gasteiger partial charge in [0.1, 0.15) is 5.75 Å². The summed E-state index contributed by atoms with van der Waals surface area (Å²) in [6, 6.07) is 9.65. The maximum atomic E-state index is 12.3. The van der Waals surface area contributed by atoms with Crippen LogP contribution in [0.1, 0.15) is 25.8 Å². The van der Waals surface area contributed by atoms with Crippen molar-refractivity contribution in [2.24, 2.45) is 0 Å². The third-order valence-corrected chi connectivity index (χ3v) is 3.34. The first kappa shape index (κ1) is 16.2. The van der Waals surface area contributed by atoms with E-state index >= 15 is 0 Å². The summed E-state index contributed by atoms with van der Waals surface area (Å²) < 4.78 is 7.30. The summed E-state index contributed by atoms with van der Waals surface area (Å²) in [6.45, 7) is 5.71. The highest BCUT2D eigenvalue weighted by atomic mass is 16.5. The van der Waals surface area contributed by atoms with E-state index in [1.807, 2.05) is 44.3 Å². The molecule has 0 fully saturated rings. The molecule has 5 heteroatoms. The van der Waals surface area contributed by atoms with Crippen LogP contribution in [0.2, 0.25) is 0 Å². The molecule has 0 aliphatic rings.